The van der Waals surface area contributed by atoms with Crippen molar-refractivity contribution in [1.82, 2.24) is 0 Å². The van der Waals surface area contributed by atoms with Gasteiger partial charge in [-0.2, -0.15) is 0 Å². The van der Waals surface area contributed by atoms with E-state index in [1.54, 1.807) is 36.4 Å². The molecule has 2 nitrogen and oxygen atoms in total. The van der Waals surface area contributed by atoms with Crippen LogP contribution in [0.2, 0.25) is 0 Å². The smallest absolute Gasteiger partial charge is 0.195 e. The third kappa shape index (κ3) is 1.60. The van der Waals surface area contributed by atoms with Crippen molar-refractivity contribution < 1.29 is 9.59 Å². The number of hydrogen-bond donors (Lipinski definition) is 0. The molecule has 0 bridgehead atoms. The van der Waals surface area contributed by atoms with Gasteiger partial charge in [0.25, 0.3) is 0 Å². The third-order valence-electron chi connectivity index (χ3n) is 2.94. The fourth-order valence-corrected chi connectivity index (χ4v) is 3.55. The standard InChI is InChI=1S/C14H6Br2O2/c15-7-5-10-12(11(16)6-7)14(18)9-4-2-1-3-8(9)13(10)17/h1-6H. The van der Waals surface area contributed by atoms with Crippen molar-refractivity contribution in [2.75, 3.05) is 0 Å². The molecule has 0 saturated heterocycles. The van der Waals surface area contributed by atoms with E-state index in [0.717, 1.165) is 4.47 Å². The van der Waals surface area contributed by atoms with Crippen molar-refractivity contribution in [2.45, 2.75) is 0 Å². The number of benzene rings is 2. The van der Waals surface area contributed by atoms with E-state index >= 15 is 0 Å². The molecule has 0 aromatic heterocycles. The second kappa shape index (κ2) is 4.14. The van der Waals surface area contributed by atoms with E-state index in [2.05, 4.69) is 31.9 Å². The molecule has 4 heteroatoms. The molecule has 0 radical (unpaired) electrons. The predicted molar refractivity (Wildman–Crippen MR) is 75.1 cm³/mol. The molecule has 0 spiro atoms. The average molecular weight is 366 g/mol. The van der Waals surface area contributed by atoms with Crippen LogP contribution in [0.25, 0.3) is 0 Å². The molecule has 1 aliphatic carbocycles. The summed E-state index contributed by atoms with van der Waals surface area (Å²) in [6, 6.07) is 10.4. The summed E-state index contributed by atoms with van der Waals surface area (Å²) in [5.41, 5.74) is 1.83. The first-order valence-corrected chi connectivity index (χ1v) is 6.85. The fraction of sp³-hybridized carbons (Fsp3) is 0. The van der Waals surface area contributed by atoms with E-state index < -0.39 is 0 Å². The molecule has 0 aliphatic heterocycles. The summed E-state index contributed by atoms with van der Waals surface area (Å²) in [7, 11) is 0. The molecule has 2 aromatic rings. The molecule has 0 atom stereocenters. The van der Waals surface area contributed by atoms with Crippen molar-refractivity contribution in [3.63, 3.8) is 0 Å². The minimum Gasteiger partial charge on any atom is -0.289 e. The monoisotopic (exact) mass is 364 g/mol. The number of carbonyl (C=O) groups is 2. The summed E-state index contributed by atoms with van der Waals surface area (Å²) in [6.45, 7) is 0. The summed E-state index contributed by atoms with van der Waals surface area (Å²) in [6.07, 6.45) is 0. The Morgan fingerprint density at radius 3 is 2.06 bits per heavy atom. The van der Waals surface area contributed by atoms with Gasteiger partial charge in [0.15, 0.2) is 11.6 Å². The molecule has 3 rings (SSSR count). The molecule has 1 aliphatic rings. The Hall–Kier alpha value is -1.26. The van der Waals surface area contributed by atoms with E-state index in [0.29, 0.717) is 26.7 Å². The summed E-state index contributed by atoms with van der Waals surface area (Å²) in [4.78, 5) is 24.8. The van der Waals surface area contributed by atoms with Crippen molar-refractivity contribution in [2.24, 2.45) is 0 Å². The summed E-state index contributed by atoms with van der Waals surface area (Å²) < 4.78 is 1.41. The van der Waals surface area contributed by atoms with Gasteiger partial charge in [-0.3, -0.25) is 9.59 Å². The summed E-state index contributed by atoms with van der Waals surface area (Å²) in [5, 5.41) is 0. The Kier molecular flexibility index (Phi) is 2.72. The van der Waals surface area contributed by atoms with Crippen LogP contribution < -0.4 is 0 Å². The Bertz CT molecular complexity index is 705. The SMILES string of the molecule is O=C1c2ccccc2C(=O)c2c(Br)cc(Br)cc21. The second-order valence-corrected chi connectivity index (χ2v) is 5.78. The van der Waals surface area contributed by atoms with E-state index in [4.69, 9.17) is 0 Å². The van der Waals surface area contributed by atoms with Crippen LogP contribution in [0.5, 0.6) is 0 Å². The summed E-state index contributed by atoms with van der Waals surface area (Å²) in [5.74, 6) is -0.221. The van der Waals surface area contributed by atoms with Crippen LogP contribution in [0.4, 0.5) is 0 Å². The highest BCUT2D eigenvalue weighted by Gasteiger charge is 2.31. The Balaban J connectivity index is 2.37. The maximum Gasteiger partial charge on any atom is 0.195 e. The highest BCUT2D eigenvalue weighted by atomic mass is 79.9. The predicted octanol–water partition coefficient (Wildman–Crippen LogP) is 3.99. The van der Waals surface area contributed by atoms with Crippen LogP contribution in [0.1, 0.15) is 31.8 Å². The zero-order chi connectivity index (χ0) is 12.9. The summed E-state index contributed by atoms with van der Waals surface area (Å²) >= 11 is 6.68. The normalized spacial score (nSPS) is 13.2. The average Bonchev–Trinajstić information content (AvgIpc) is 2.35. The van der Waals surface area contributed by atoms with Crippen molar-refractivity contribution in [1.29, 1.82) is 0 Å². The highest BCUT2D eigenvalue weighted by Crippen LogP contribution is 2.34. The molecular formula is C14H6Br2O2. The van der Waals surface area contributed by atoms with Crippen LogP contribution in [-0.4, -0.2) is 11.6 Å². The molecule has 0 saturated carbocycles. The lowest BCUT2D eigenvalue weighted by molar-refractivity contribution is 0.0978. The van der Waals surface area contributed by atoms with E-state index in [9.17, 15) is 9.59 Å². The van der Waals surface area contributed by atoms with Crippen LogP contribution in [-0.2, 0) is 0 Å². The minimum atomic E-state index is -0.112. The Morgan fingerprint density at radius 1 is 0.778 bits per heavy atom. The number of rotatable bonds is 0. The maximum atomic E-state index is 12.4. The Morgan fingerprint density at radius 2 is 1.39 bits per heavy atom. The number of carbonyl (C=O) groups excluding carboxylic acids is 2. The quantitative estimate of drug-likeness (QED) is 0.603. The van der Waals surface area contributed by atoms with Crippen LogP contribution in [0, 0.1) is 0 Å². The number of ketones is 2. The number of fused-ring (bicyclic) bond motifs is 2. The molecular weight excluding hydrogens is 360 g/mol. The van der Waals surface area contributed by atoms with Crippen LogP contribution in [0.15, 0.2) is 45.3 Å². The zero-order valence-electron chi connectivity index (χ0n) is 9.04. The van der Waals surface area contributed by atoms with E-state index in [1.807, 2.05) is 0 Å². The van der Waals surface area contributed by atoms with E-state index in [1.165, 1.54) is 0 Å². The van der Waals surface area contributed by atoms with Crippen LogP contribution >= 0.6 is 31.9 Å². The topological polar surface area (TPSA) is 34.1 Å². The number of halogens is 2. The molecule has 88 valence electrons. The maximum absolute atomic E-state index is 12.4. The molecule has 0 heterocycles. The molecule has 2 aromatic carbocycles. The van der Waals surface area contributed by atoms with Crippen molar-refractivity contribution in [3.05, 3.63) is 67.6 Å². The van der Waals surface area contributed by atoms with Gasteiger partial charge in [0.2, 0.25) is 0 Å². The van der Waals surface area contributed by atoms with Gasteiger partial charge in [-0.1, -0.05) is 40.2 Å². The van der Waals surface area contributed by atoms with Gasteiger partial charge in [0, 0.05) is 31.2 Å². The molecule has 0 N–H and O–H groups in total. The van der Waals surface area contributed by atoms with Gasteiger partial charge in [-0.15, -0.1) is 0 Å². The lowest BCUT2D eigenvalue weighted by atomic mass is 9.84. The van der Waals surface area contributed by atoms with Gasteiger partial charge in [-0.05, 0) is 28.1 Å². The van der Waals surface area contributed by atoms with E-state index in [-0.39, 0.29) is 11.6 Å². The van der Waals surface area contributed by atoms with Gasteiger partial charge < -0.3 is 0 Å². The molecule has 18 heavy (non-hydrogen) atoms. The largest absolute Gasteiger partial charge is 0.289 e. The first kappa shape index (κ1) is 11.8. The number of hydrogen-bond acceptors (Lipinski definition) is 2. The zero-order valence-corrected chi connectivity index (χ0v) is 12.2. The molecule has 0 amide bonds. The Labute approximate surface area is 120 Å². The van der Waals surface area contributed by atoms with Gasteiger partial charge in [0.1, 0.15) is 0 Å². The van der Waals surface area contributed by atoms with Gasteiger partial charge >= 0.3 is 0 Å². The lowest BCUT2D eigenvalue weighted by Crippen LogP contribution is -2.21. The second-order valence-electron chi connectivity index (χ2n) is 4.01. The minimum absolute atomic E-state index is 0.109. The van der Waals surface area contributed by atoms with Gasteiger partial charge in [-0.25, -0.2) is 0 Å². The van der Waals surface area contributed by atoms with Crippen LogP contribution in [0.3, 0.4) is 0 Å². The molecule has 0 unspecified atom stereocenters. The van der Waals surface area contributed by atoms with Crippen molar-refractivity contribution in [3.8, 4) is 0 Å². The van der Waals surface area contributed by atoms with Crippen molar-refractivity contribution >= 4 is 43.4 Å². The fourth-order valence-electron chi connectivity index (χ4n) is 2.14. The molecule has 0 fully saturated rings. The van der Waals surface area contributed by atoms with Gasteiger partial charge in [0.05, 0.1) is 0 Å². The lowest BCUT2D eigenvalue weighted by Gasteiger charge is -2.18. The first-order valence-electron chi connectivity index (χ1n) is 5.27. The third-order valence-corrected chi connectivity index (χ3v) is 4.03. The highest BCUT2D eigenvalue weighted by molar-refractivity contribution is 9.11. The first-order chi connectivity index (χ1) is 8.59.